The van der Waals surface area contributed by atoms with Gasteiger partial charge in [0.2, 0.25) is 5.91 Å². The molecule has 1 aromatic carbocycles. The van der Waals surface area contributed by atoms with E-state index >= 15 is 0 Å². The lowest BCUT2D eigenvalue weighted by Crippen LogP contribution is -2.49. The summed E-state index contributed by atoms with van der Waals surface area (Å²) >= 11 is 1.52. The van der Waals surface area contributed by atoms with Crippen molar-refractivity contribution in [3.63, 3.8) is 0 Å². The van der Waals surface area contributed by atoms with Crippen LogP contribution in [0.3, 0.4) is 0 Å². The summed E-state index contributed by atoms with van der Waals surface area (Å²) in [6.07, 6.45) is 0.309. The molecular weight excluding hydrogens is 366 g/mol. The Morgan fingerprint density at radius 1 is 1.19 bits per heavy atom. The summed E-state index contributed by atoms with van der Waals surface area (Å²) in [6.45, 7) is 3.84. The minimum atomic E-state index is 0.0998. The maximum atomic E-state index is 12.5. The Hall–Kier alpha value is -2.16. The number of β-amino-alcohol motifs (C(OH)–C–C–N with tert-alkyl or cyclic N) is 1. The lowest BCUT2D eigenvalue weighted by Gasteiger charge is -2.34. The summed E-state index contributed by atoms with van der Waals surface area (Å²) in [7, 11) is 3.21. The zero-order valence-corrected chi connectivity index (χ0v) is 16.5. The molecule has 1 amide bonds. The fourth-order valence-corrected chi connectivity index (χ4v) is 3.94. The predicted molar refractivity (Wildman–Crippen MR) is 104 cm³/mol. The summed E-state index contributed by atoms with van der Waals surface area (Å²) in [6, 6.07) is 5.68. The van der Waals surface area contributed by atoms with E-state index in [0.717, 1.165) is 29.4 Å². The molecule has 0 atom stereocenters. The summed E-state index contributed by atoms with van der Waals surface area (Å²) in [5.41, 5.74) is 1.72. The van der Waals surface area contributed by atoms with Crippen molar-refractivity contribution < 1.29 is 19.4 Å². The van der Waals surface area contributed by atoms with Gasteiger partial charge in [-0.15, -0.1) is 11.3 Å². The van der Waals surface area contributed by atoms with Gasteiger partial charge in [-0.05, 0) is 18.2 Å². The number of nitrogens with zero attached hydrogens (tertiary/aromatic N) is 3. The lowest BCUT2D eigenvalue weighted by atomic mass is 10.2. The van der Waals surface area contributed by atoms with Crippen molar-refractivity contribution in [1.29, 1.82) is 0 Å². The molecule has 146 valence electrons. The Morgan fingerprint density at radius 3 is 2.59 bits per heavy atom. The number of rotatable bonds is 7. The standard InChI is InChI=1S/C19H25N3O4S/c1-25-16-4-3-14(11-17(16)26-2)19-20-15(13-27-19)12-18(24)22-7-5-21(6-8-22)9-10-23/h3-4,11,13,23H,5-10,12H2,1-2H3. The average molecular weight is 391 g/mol. The quantitative estimate of drug-likeness (QED) is 0.771. The molecule has 1 fully saturated rings. The number of methoxy groups -OCH3 is 2. The van der Waals surface area contributed by atoms with E-state index in [-0.39, 0.29) is 12.5 Å². The number of aliphatic hydroxyl groups is 1. The normalized spacial score (nSPS) is 15.0. The van der Waals surface area contributed by atoms with Crippen molar-refractivity contribution in [2.75, 3.05) is 53.6 Å². The van der Waals surface area contributed by atoms with Crippen LogP contribution in [-0.4, -0.2) is 79.3 Å². The molecule has 2 heterocycles. The van der Waals surface area contributed by atoms with Crippen molar-refractivity contribution >= 4 is 17.2 Å². The molecule has 1 aliphatic rings. The molecule has 0 radical (unpaired) electrons. The molecule has 0 saturated carbocycles. The Morgan fingerprint density at radius 2 is 1.93 bits per heavy atom. The van der Waals surface area contributed by atoms with Gasteiger partial charge in [0.05, 0.1) is 32.9 Å². The first-order valence-electron chi connectivity index (χ1n) is 8.92. The molecule has 0 aliphatic carbocycles. The monoisotopic (exact) mass is 391 g/mol. The smallest absolute Gasteiger partial charge is 0.228 e. The van der Waals surface area contributed by atoms with Gasteiger partial charge in [-0.3, -0.25) is 9.69 Å². The van der Waals surface area contributed by atoms with Gasteiger partial charge in [-0.2, -0.15) is 0 Å². The topological polar surface area (TPSA) is 75.1 Å². The lowest BCUT2D eigenvalue weighted by molar-refractivity contribution is -0.132. The second kappa shape index (κ2) is 9.16. The van der Waals surface area contributed by atoms with Crippen molar-refractivity contribution in [2.45, 2.75) is 6.42 Å². The van der Waals surface area contributed by atoms with Crippen LogP contribution in [0.4, 0.5) is 0 Å². The Labute approximate surface area is 163 Å². The van der Waals surface area contributed by atoms with E-state index in [9.17, 15) is 4.79 Å². The average Bonchev–Trinajstić information content (AvgIpc) is 3.16. The van der Waals surface area contributed by atoms with Gasteiger partial charge in [0, 0.05) is 43.7 Å². The Balaban J connectivity index is 1.62. The largest absolute Gasteiger partial charge is 0.493 e. The molecule has 0 spiro atoms. The molecular formula is C19H25N3O4S. The molecule has 1 aliphatic heterocycles. The zero-order valence-electron chi connectivity index (χ0n) is 15.7. The van der Waals surface area contributed by atoms with E-state index in [1.165, 1.54) is 11.3 Å². The molecule has 8 heteroatoms. The minimum Gasteiger partial charge on any atom is -0.493 e. The number of hydrogen-bond donors (Lipinski definition) is 1. The molecule has 0 bridgehead atoms. The fourth-order valence-electron chi connectivity index (χ4n) is 3.12. The third-order valence-electron chi connectivity index (χ3n) is 4.66. The molecule has 2 aromatic rings. The van der Waals surface area contributed by atoms with Crippen LogP contribution in [0.1, 0.15) is 5.69 Å². The number of piperazine rings is 1. The Kier molecular flexibility index (Phi) is 6.65. The highest BCUT2D eigenvalue weighted by molar-refractivity contribution is 7.13. The third-order valence-corrected chi connectivity index (χ3v) is 5.60. The fraction of sp³-hybridized carbons (Fsp3) is 0.474. The third kappa shape index (κ3) is 4.77. The van der Waals surface area contributed by atoms with E-state index in [1.54, 1.807) is 14.2 Å². The van der Waals surface area contributed by atoms with Gasteiger partial charge >= 0.3 is 0 Å². The van der Waals surface area contributed by atoms with E-state index in [0.29, 0.717) is 37.6 Å². The number of aliphatic hydroxyl groups excluding tert-OH is 1. The summed E-state index contributed by atoms with van der Waals surface area (Å²) in [5, 5.41) is 11.8. The summed E-state index contributed by atoms with van der Waals surface area (Å²) < 4.78 is 10.6. The van der Waals surface area contributed by atoms with Gasteiger partial charge in [0.1, 0.15) is 5.01 Å². The summed E-state index contributed by atoms with van der Waals surface area (Å²) in [4.78, 5) is 21.2. The number of carbonyl (C=O) groups excluding carboxylic acids is 1. The summed E-state index contributed by atoms with van der Waals surface area (Å²) in [5.74, 6) is 1.43. The first-order valence-corrected chi connectivity index (χ1v) is 9.80. The van der Waals surface area contributed by atoms with Gasteiger partial charge in [-0.1, -0.05) is 0 Å². The van der Waals surface area contributed by atoms with Crippen LogP contribution in [-0.2, 0) is 11.2 Å². The number of aromatic nitrogens is 1. The molecule has 3 rings (SSSR count). The highest BCUT2D eigenvalue weighted by Crippen LogP contribution is 2.33. The van der Waals surface area contributed by atoms with E-state index in [1.807, 2.05) is 28.5 Å². The van der Waals surface area contributed by atoms with Crippen LogP contribution in [0, 0.1) is 0 Å². The number of hydrogen-bond acceptors (Lipinski definition) is 7. The second-order valence-electron chi connectivity index (χ2n) is 6.34. The van der Waals surface area contributed by atoms with Crippen LogP contribution >= 0.6 is 11.3 Å². The Bertz CT molecular complexity index is 772. The molecule has 7 nitrogen and oxygen atoms in total. The van der Waals surface area contributed by atoms with Crippen molar-refractivity contribution in [1.82, 2.24) is 14.8 Å². The number of ether oxygens (including phenoxy) is 2. The van der Waals surface area contributed by atoms with E-state index in [4.69, 9.17) is 14.6 Å². The van der Waals surface area contributed by atoms with Crippen LogP contribution in [0.15, 0.2) is 23.6 Å². The maximum absolute atomic E-state index is 12.5. The van der Waals surface area contributed by atoms with Crippen LogP contribution < -0.4 is 9.47 Å². The number of carbonyl (C=O) groups is 1. The van der Waals surface area contributed by atoms with Crippen molar-refractivity contribution in [3.8, 4) is 22.1 Å². The van der Waals surface area contributed by atoms with Gasteiger partial charge in [0.15, 0.2) is 11.5 Å². The number of thiazole rings is 1. The van der Waals surface area contributed by atoms with Gasteiger partial charge in [0.25, 0.3) is 0 Å². The molecule has 27 heavy (non-hydrogen) atoms. The molecule has 1 N–H and O–H groups in total. The van der Waals surface area contributed by atoms with Crippen molar-refractivity contribution in [2.24, 2.45) is 0 Å². The van der Waals surface area contributed by atoms with Crippen LogP contribution in [0.5, 0.6) is 11.5 Å². The first kappa shape index (κ1) is 19.6. The predicted octanol–water partition coefficient (Wildman–Crippen LogP) is 1.51. The van der Waals surface area contributed by atoms with Crippen molar-refractivity contribution in [3.05, 3.63) is 29.3 Å². The second-order valence-corrected chi connectivity index (χ2v) is 7.19. The van der Waals surface area contributed by atoms with E-state index in [2.05, 4.69) is 9.88 Å². The highest BCUT2D eigenvalue weighted by Gasteiger charge is 2.21. The van der Waals surface area contributed by atoms with Gasteiger partial charge < -0.3 is 19.5 Å². The van der Waals surface area contributed by atoms with Gasteiger partial charge in [-0.25, -0.2) is 4.98 Å². The number of benzene rings is 1. The minimum absolute atomic E-state index is 0.0998. The van der Waals surface area contributed by atoms with Crippen LogP contribution in [0.2, 0.25) is 0 Å². The molecule has 0 unspecified atom stereocenters. The zero-order chi connectivity index (χ0) is 19.2. The highest BCUT2D eigenvalue weighted by atomic mass is 32.1. The van der Waals surface area contributed by atoms with E-state index < -0.39 is 0 Å². The SMILES string of the molecule is COc1ccc(-c2nc(CC(=O)N3CCN(CCO)CC3)cs2)cc1OC. The number of amides is 1. The molecule has 1 saturated heterocycles. The maximum Gasteiger partial charge on any atom is 0.228 e. The first-order chi connectivity index (χ1) is 13.1. The van der Waals surface area contributed by atoms with Crippen LogP contribution in [0.25, 0.3) is 10.6 Å². The molecule has 1 aromatic heterocycles.